The third kappa shape index (κ3) is 2.58. The predicted octanol–water partition coefficient (Wildman–Crippen LogP) is -0.295. The van der Waals surface area contributed by atoms with Gasteiger partial charge in [-0.15, -0.1) is 0 Å². The maximum Gasteiger partial charge on any atom is 0.328 e. The molecular formula is C8H10ClN3O2. The van der Waals surface area contributed by atoms with Crippen LogP contribution < -0.4 is 17.0 Å². The molecule has 1 aromatic rings. The summed E-state index contributed by atoms with van der Waals surface area (Å²) in [6.07, 6.45) is 4.73. The van der Waals surface area contributed by atoms with Gasteiger partial charge in [0.1, 0.15) is 5.02 Å². The molecule has 1 rings (SSSR count). The zero-order chi connectivity index (χ0) is 10.6. The van der Waals surface area contributed by atoms with Crippen molar-refractivity contribution in [1.82, 2.24) is 9.55 Å². The van der Waals surface area contributed by atoms with E-state index in [0.717, 1.165) is 0 Å². The molecule has 0 aromatic carbocycles. The van der Waals surface area contributed by atoms with E-state index < -0.39 is 11.2 Å². The van der Waals surface area contributed by atoms with Crippen molar-refractivity contribution in [2.24, 2.45) is 5.73 Å². The van der Waals surface area contributed by atoms with Crippen LogP contribution in [0.3, 0.4) is 0 Å². The Kier molecular flexibility index (Phi) is 3.67. The van der Waals surface area contributed by atoms with Crippen molar-refractivity contribution in [1.29, 1.82) is 0 Å². The normalized spacial score (nSPS) is 11.0. The molecule has 0 aliphatic carbocycles. The van der Waals surface area contributed by atoms with E-state index in [9.17, 15) is 9.59 Å². The fraction of sp³-hybridized carbons (Fsp3) is 0.250. The summed E-state index contributed by atoms with van der Waals surface area (Å²) in [5.41, 5.74) is 4.17. The van der Waals surface area contributed by atoms with E-state index in [4.69, 9.17) is 17.3 Å². The van der Waals surface area contributed by atoms with E-state index in [0.29, 0.717) is 13.1 Å². The third-order valence-electron chi connectivity index (χ3n) is 1.57. The van der Waals surface area contributed by atoms with Crippen LogP contribution in [0.2, 0.25) is 5.02 Å². The molecule has 3 N–H and O–H groups in total. The van der Waals surface area contributed by atoms with Gasteiger partial charge in [-0.3, -0.25) is 14.3 Å². The lowest BCUT2D eigenvalue weighted by Crippen LogP contribution is -2.29. The van der Waals surface area contributed by atoms with Gasteiger partial charge in [-0.2, -0.15) is 0 Å². The van der Waals surface area contributed by atoms with Crippen LogP contribution in [0.5, 0.6) is 0 Å². The van der Waals surface area contributed by atoms with Crippen molar-refractivity contribution < 1.29 is 0 Å². The highest BCUT2D eigenvalue weighted by Gasteiger charge is 1.99. The van der Waals surface area contributed by atoms with Gasteiger partial charge in [0.2, 0.25) is 0 Å². The van der Waals surface area contributed by atoms with E-state index in [1.54, 1.807) is 12.2 Å². The molecule has 0 aliphatic rings. The van der Waals surface area contributed by atoms with Crippen molar-refractivity contribution in [3.05, 3.63) is 44.2 Å². The van der Waals surface area contributed by atoms with Crippen LogP contribution in [0.1, 0.15) is 0 Å². The lowest BCUT2D eigenvalue weighted by Gasteiger charge is -2.00. The standard InChI is InChI=1S/C8H10ClN3O2/c9-6-5-12(4-2-1-3-10)8(14)11-7(6)13/h1-2,5H,3-4,10H2,(H,11,13,14)/b2-1+. The molecule has 0 fully saturated rings. The second-order valence-corrected chi connectivity index (χ2v) is 3.00. The molecular weight excluding hydrogens is 206 g/mol. The zero-order valence-corrected chi connectivity index (χ0v) is 8.12. The Hall–Kier alpha value is -1.33. The quantitative estimate of drug-likeness (QED) is 0.680. The van der Waals surface area contributed by atoms with Gasteiger partial charge in [0, 0.05) is 19.3 Å². The number of nitrogens with zero attached hydrogens (tertiary/aromatic N) is 1. The first-order valence-electron chi connectivity index (χ1n) is 3.99. The first-order chi connectivity index (χ1) is 6.65. The molecule has 5 nitrogen and oxygen atoms in total. The van der Waals surface area contributed by atoms with Gasteiger partial charge in [-0.1, -0.05) is 23.8 Å². The van der Waals surface area contributed by atoms with Crippen LogP contribution in [0.15, 0.2) is 27.9 Å². The Bertz CT molecular complexity index is 447. The molecule has 1 aromatic heterocycles. The fourth-order valence-corrected chi connectivity index (χ4v) is 1.07. The van der Waals surface area contributed by atoms with Crippen molar-refractivity contribution >= 4 is 11.6 Å². The number of aromatic nitrogens is 2. The Morgan fingerprint density at radius 2 is 2.21 bits per heavy atom. The summed E-state index contributed by atoms with van der Waals surface area (Å²) in [6.45, 7) is 0.748. The van der Waals surface area contributed by atoms with Crippen molar-refractivity contribution in [2.45, 2.75) is 6.54 Å². The molecule has 0 saturated carbocycles. The Morgan fingerprint density at radius 1 is 1.50 bits per heavy atom. The largest absolute Gasteiger partial charge is 0.328 e. The number of halogens is 1. The van der Waals surface area contributed by atoms with Crippen molar-refractivity contribution in [3.8, 4) is 0 Å². The summed E-state index contributed by atoms with van der Waals surface area (Å²) in [6, 6.07) is 0. The minimum absolute atomic E-state index is 0.00857. The second-order valence-electron chi connectivity index (χ2n) is 2.60. The van der Waals surface area contributed by atoms with E-state index in [2.05, 4.69) is 4.98 Å². The van der Waals surface area contributed by atoms with Crippen molar-refractivity contribution in [2.75, 3.05) is 6.54 Å². The molecule has 1 heterocycles. The number of hydrogen-bond donors (Lipinski definition) is 2. The molecule has 0 radical (unpaired) electrons. The zero-order valence-electron chi connectivity index (χ0n) is 7.37. The van der Waals surface area contributed by atoms with E-state index >= 15 is 0 Å². The van der Waals surface area contributed by atoms with Crippen LogP contribution in [-0.4, -0.2) is 16.1 Å². The number of allylic oxidation sites excluding steroid dienone is 1. The lowest BCUT2D eigenvalue weighted by atomic mass is 10.5. The maximum absolute atomic E-state index is 11.2. The van der Waals surface area contributed by atoms with Gasteiger partial charge in [0.15, 0.2) is 0 Å². The second kappa shape index (κ2) is 4.78. The molecule has 6 heteroatoms. The van der Waals surface area contributed by atoms with Crippen LogP contribution in [0, 0.1) is 0 Å². The topological polar surface area (TPSA) is 80.9 Å². The summed E-state index contributed by atoms with van der Waals surface area (Å²) in [4.78, 5) is 24.1. The Labute approximate surface area is 84.8 Å². The molecule has 0 saturated heterocycles. The first kappa shape index (κ1) is 10.7. The molecule has 0 unspecified atom stereocenters. The molecule has 0 amide bonds. The monoisotopic (exact) mass is 215 g/mol. The smallest absolute Gasteiger partial charge is 0.327 e. The van der Waals surface area contributed by atoms with Crippen LogP contribution >= 0.6 is 11.6 Å². The molecule has 0 bridgehead atoms. The van der Waals surface area contributed by atoms with Crippen LogP contribution in [0.4, 0.5) is 0 Å². The number of nitrogens with one attached hydrogen (secondary N) is 1. The molecule has 0 aliphatic heterocycles. The molecule has 0 spiro atoms. The Morgan fingerprint density at radius 3 is 2.86 bits per heavy atom. The van der Waals surface area contributed by atoms with Gasteiger partial charge >= 0.3 is 5.69 Å². The molecule has 0 atom stereocenters. The highest BCUT2D eigenvalue weighted by molar-refractivity contribution is 6.30. The number of nitrogens with two attached hydrogens (primary N) is 1. The number of hydrogen-bond acceptors (Lipinski definition) is 3. The average molecular weight is 216 g/mol. The maximum atomic E-state index is 11.2. The van der Waals surface area contributed by atoms with Crippen LogP contribution in [0.25, 0.3) is 0 Å². The number of rotatable bonds is 3. The highest BCUT2D eigenvalue weighted by atomic mass is 35.5. The van der Waals surface area contributed by atoms with Gasteiger partial charge in [0.05, 0.1) is 0 Å². The van der Waals surface area contributed by atoms with E-state index in [-0.39, 0.29) is 5.02 Å². The van der Waals surface area contributed by atoms with Gasteiger partial charge in [-0.25, -0.2) is 4.79 Å². The van der Waals surface area contributed by atoms with Crippen LogP contribution in [-0.2, 0) is 6.54 Å². The van der Waals surface area contributed by atoms with Gasteiger partial charge in [-0.05, 0) is 0 Å². The van der Waals surface area contributed by atoms with Gasteiger partial charge in [0.25, 0.3) is 5.56 Å². The SMILES string of the molecule is NC/C=C/Cn1cc(Cl)c(=O)[nH]c1=O. The summed E-state index contributed by atoms with van der Waals surface area (Å²) >= 11 is 5.55. The average Bonchev–Trinajstić information content (AvgIpc) is 2.14. The first-order valence-corrected chi connectivity index (χ1v) is 4.37. The number of aromatic amines is 1. The minimum atomic E-state index is -0.573. The van der Waals surface area contributed by atoms with Crippen molar-refractivity contribution in [3.63, 3.8) is 0 Å². The van der Waals surface area contributed by atoms with Gasteiger partial charge < -0.3 is 5.73 Å². The predicted molar refractivity (Wildman–Crippen MR) is 54.5 cm³/mol. The van der Waals surface area contributed by atoms with E-state index in [1.165, 1.54) is 10.8 Å². The Balaban J connectivity index is 2.99. The summed E-state index contributed by atoms with van der Waals surface area (Å²) in [5.74, 6) is 0. The third-order valence-corrected chi connectivity index (χ3v) is 1.84. The summed E-state index contributed by atoms with van der Waals surface area (Å²) in [7, 11) is 0. The lowest BCUT2D eigenvalue weighted by molar-refractivity contribution is 0.735. The summed E-state index contributed by atoms with van der Waals surface area (Å²) in [5, 5.41) is -0.00857. The van der Waals surface area contributed by atoms with E-state index in [1.807, 2.05) is 0 Å². The molecule has 14 heavy (non-hydrogen) atoms. The minimum Gasteiger partial charge on any atom is -0.327 e. The summed E-state index contributed by atoms with van der Waals surface area (Å²) < 4.78 is 1.29. The highest BCUT2D eigenvalue weighted by Crippen LogP contribution is 1.95. The molecule has 76 valence electrons. The fourth-order valence-electron chi connectivity index (χ4n) is 0.903. The number of H-pyrrole nitrogens is 1.